The van der Waals surface area contributed by atoms with Gasteiger partial charge in [-0.15, -0.1) is 0 Å². The van der Waals surface area contributed by atoms with E-state index in [9.17, 15) is 9.59 Å². The molecule has 0 aromatic heterocycles. The Morgan fingerprint density at radius 2 is 1.71 bits per heavy atom. The molecule has 3 nitrogen and oxygen atoms in total. The second-order valence-electron chi connectivity index (χ2n) is 4.73. The zero-order chi connectivity index (χ0) is 12.3. The quantitative estimate of drug-likeness (QED) is 0.811. The van der Waals surface area contributed by atoms with Crippen LogP contribution >= 0.6 is 0 Å². The molecule has 2 N–H and O–H groups in total. The molecule has 0 radical (unpaired) electrons. The van der Waals surface area contributed by atoms with Gasteiger partial charge in [0, 0.05) is 11.5 Å². The fourth-order valence-electron chi connectivity index (χ4n) is 2.51. The second-order valence-corrected chi connectivity index (χ2v) is 4.73. The Bertz CT molecular complexity index is 403. The van der Waals surface area contributed by atoms with Crippen molar-refractivity contribution in [2.75, 3.05) is 0 Å². The smallest absolute Gasteiger partial charge is 0.248 e. The Morgan fingerprint density at radius 1 is 1.12 bits per heavy atom. The van der Waals surface area contributed by atoms with Gasteiger partial charge in [-0.05, 0) is 49.3 Å². The zero-order valence-electron chi connectivity index (χ0n) is 9.76. The number of carbonyl (C=O) groups excluding carboxylic acids is 2. The fourth-order valence-corrected chi connectivity index (χ4v) is 2.51. The van der Waals surface area contributed by atoms with E-state index in [0.29, 0.717) is 11.5 Å². The van der Waals surface area contributed by atoms with E-state index in [1.54, 1.807) is 12.1 Å². The first kappa shape index (κ1) is 11.8. The molecule has 0 bridgehead atoms. The van der Waals surface area contributed by atoms with E-state index in [4.69, 9.17) is 5.73 Å². The fraction of sp³-hybridized carbons (Fsp3) is 0.429. The van der Waals surface area contributed by atoms with Gasteiger partial charge in [0.2, 0.25) is 5.91 Å². The van der Waals surface area contributed by atoms with Crippen LogP contribution in [0.3, 0.4) is 0 Å². The van der Waals surface area contributed by atoms with Gasteiger partial charge in [-0.3, -0.25) is 4.79 Å². The van der Waals surface area contributed by atoms with Crippen molar-refractivity contribution in [2.24, 2.45) is 11.7 Å². The maximum Gasteiger partial charge on any atom is 0.248 e. The first-order chi connectivity index (χ1) is 8.20. The average molecular weight is 231 g/mol. The third kappa shape index (κ3) is 2.73. The highest BCUT2D eigenvalue weighted by Gasteiger charge is 2.21. The van der Waals surface area contributed by atoms with Gasteiger partial charge in [-0.25, -0.2) is 0 Å². The maximum absolute atomic E-state index is 11.0. The minimum absolute atomic E-state index is 0.246. The van der Waals surface area contributed by atoms with Gasteiger partial charge in [0.1, 0.15) is 6.29 Å². The summed E-state index contributed by atoms with van der Waals surface area (Å²) in [6, 6.07) is 7.52. The van der Waals surface area contributed by atoms with Gasteiger partial charge in [0.25, 0.3) is 0 Å². The number of rotatable bonds is 3. The van der Waals surface area contributed by atoms with Crippen molar-refractivity contribution in [3.8, 4) is 0 Å². The molecule has 0 spiro atoms. The van der Waals surface area contributed by atoms with Crippen molar-refractivity contribution in [2.45, 2.75) is 31.6 Å². The maximum atomic E-state index is 11.0. The monoisotopic (exact) mass is 231 g/mol. The predicted octanol–water partition coefficient (Wildman–Crippen LogP) is 2.26. The molecule has 0 aliphatic heterocycles. The number of amides is 1. The highest BCUT2D eigenvalue weighted by atomic mass is 16.1. The van der Waals surface area contributed by atoms with Gasteiger partial charge in [0.05, 0.1) is 0 Å². The molecule has 0 atom stereocenters. The molecule has 0 saturated heterocycles. The Balaban J connectivity index is 2.03. The van der Waals surface area contributed by atoms with Crippen LogP contribution in [0.5, 0.6) is 0 Å². The number of benzene rings is 1. The predicted molar refractivity (Wildman–Crippen MR) is 65.7 cm³/mol. The lowest BCUT2D eigenvalue weighted by Gasteiger charge is -2.25. The molecule has 1 amide bonds. The Kier molecular flexibility index (Phi) is 3.57. The number of aldehydes is 1. The van der Waals surface area contributed by atoms with E-state index in [-0.39, 0.29) is 11.8 Å². The van der Waals surface area contributed by atoms with Crippen molar-refractivity contribution in [3.05, 3.63) is 35.4 Å². The molecule has 17 heavy (non-hydrogen) atoms. The largest absolute Gasteiger partial charge is 0.366 e. The van der Waals surface area contributed by atoms with Gasteiger partial charge in [-0.1, -0.05) is 12.1 Å². The molecule has 1 aromatic carbocycles. The molecule has 0 heterocycles. The molecule has 1 fully saturated rings. The van der Waals surface area contributed by atoms with Gasteiger partial charge in [0.15, 0.2) is 0 Å². The van der Waals surface area contributed by atoms with E-state index in [1.807, 2.05) is 12.1 Å². The molecular formula is C14H17NO2. The van der Waals surface area contributed by atoms with E-state index in [0.717, 1.165) is 32.0 Å². The summed E-state index contributed by atoms with van der Waals surface area (Å²) >= 11 is 0. The summed E-state index contributed by atoms with van der Waals surface area (Å²) in [5.41, 5.74) is 7.00. The highest BCUT2D eigenvalue weighted by molar-refractivity contribution is 5.92. The standard InChI is InChI=1S/C14H17NO2/c15-14(17)13-7-5-12(6-8-13)11-3-1-10(9-16)2-4-11/h5-11H,1-4H2,(H2,15,17). The van der Waals surface area contributed by atoms with Crippen LogP contribution in [0.2, 0.25) is 0 Å². The van der Waals surface area contributed by atoms with Crippen LogP contribution in [0, 0.1) is 5.92 Å². The number of carbonyl (C=O) groups is 2. The molecule has 3 heteroatoms. The van der Waals surface area contributed by atoms with Crippen LogP contribution in [0.15, 0.2) is 24.3 Å². The molecule has 1 aromatic rings. The van der Waals surface area contributed by atoms with Crippen LogP contribution in [0.1, 0.15) is 47.5 Å². The third-order valence-corrected chi connectivity index (χ3v) is 3.63. The summed E-state index contributed by atoms with van der Waals surface area (Å²) in [5.74, 6) is 0.380. The number of nitrogens with two attached hydrogens (primary N) is 1. The van der Waals surface area contributed by atoms with E-state index in [2.05, 4.69) is 0 Å². The summed E-state index contributed by atoms with van der Waals surface area (Å²) in [7, 11) is 0. The van der Waals surface area contributed by atoms with E-state index < -0.39 is 0 Å². The third-order valence-electron chi connectivity index (χ3n) is 3.63. The molecule has 1 aliphatic rings. The summed E-state index contributed by atoms with van der Waals surface area (Å²) < 4.78 is 0. The SMILES string of the molecule is NC(=O)c1ccc(C2CCC(C=O)CC2)cc1. The number of primary amides is 1. The zero-order valence-corrected chi connectivity index (χ0v) is 9.76. The lowest BCUT2D eigenvalue weighted by Crippen LogP contribution is -2.15. The minimum Gasteiger partial charge on any atom is -0.366 e. The topological polar surface area (TPSA) is 60.2 Å². The van der Waals surface area contributed by atoms with E-state index in [1.165, 1.54) is 5.56 Å². The average Bonchev–Trinajstić information content (AvgIpc) is 2.39. The lowest BCUT2D eigenvalue weighted by atomic mass is 9.79. The minimum atomic E-state index is -0.388. The second kappa shape index (κ2) is 5.13. The summed E-state index contributed by atoms with van der Waals surface area (Å²) in [6.07, 6.45) is 5.14. The van der Waals surface area contributed by atoms with Crippen molar-refractivity contribution in [3.63, 3.8) is 0 Å². The molecule has 1 saturated carbocycles. The van der Waals surface area contributed by atoms with Crippen molar-refractivity contribution in [1.82, 2.24) is 0 Å². The van der Waals surface area contributed by atoms with Crippen LogP contribution in [0.4, 0.5) is 0 Å². The Morgan fingerprint density at radius 3 is 2.18 bits per heavy atom. The summed E-state index contributed by atoms with van der Waals surface area (Å²) in [5, 5.41) is 0. The van der Waals surface area contributed by atoms with Crippen LogP contribution in [0.25, 0.3) is 0 Å². The van der Waals surface area contributed by atoms with Crippen LogP contribution in [-0.4, -0.2) is 12.2 Å². The van der Waals surface area contributed by atoms with Gasteiger partial charge in [-0.2, -0.15) is 0 Å². The van der Waals surface area contributed by atoms with Crippen LogP contribution < -0.4 is 5.73 Å². The van der Waals surface area contributed by atoms with Gasteiger partial charge >= 0.3 is 0 Å². The number of hydrogen-bond acceptors (Lipinski definition) is 2. The van der Waals surface area contributed by atoms with Crippen molar-refractivity contribution < 1.29 is 9.59 Å². The Hall–Kier alpha value is -1.64. The summed E-state index contributed by atoms with van der Waals surface area (Å²) in [6.45, 7) is 0. The molecule has 1 aliphatic carbocycles. The van der Waals surface area contributed by atoms with Gasteiger partial charge < -0.3 is 10.5 Å². The lowest BCUT2D eigenvalue weighted by molar-refractivity contribution is -0.111. The van der Waals surface area contributed by atoms with Crippen molar-refractivity contribution >= 4 is 12.2 Å². The first-order valence-corrected chi connectivity index (χ1v) is 6.05. The molecule has 90 valence electrons. The normalized spacial score (nSPS) is 24.2. The molecule has 0 unspecified atom stereocenters. The first-order valence-electron chi connectivity index (χ1n) is 6.05. The van der Waals surface area contributed by atoms with Crippen LogP contribution in [-0.2, 0) is 4.79 Å². The van der Waals surface area contributed by atoms with Crippen molar-refractivity contribution in [1.29, 1.82) is 0 Å². The summed E-state index contributed by atoms with van der Waals surface area (Å²) in [4.78, 5) is 21.6. The molecular weight excluding hydrogens is 214 g/mol. The molecule has 2 rings (SSSR count). The number of hydrogen-bond donors (Lipinski definition) is 1. The Labute approximate surface area is 101 Å². The van der Waals surface area contributed by atoms with E-state index >= 15 is 0 Å². The highest BCUT2D eigenvalue weighted by Crippen LogP contribution is 2.34.